The van der Waals surface area contributed by atoms with Crippen molar-refractivity contribution in [2.24, 2.45) is 5.10 Å². The predicted octanol–water partition coefficient (Wildman–Crippen LogP) is 4.95. The Labute approximate surface area is 163 Å². The second-order valence-corrected chi connectivity index (χ2v) is 6.56. The van der Waals surface area contributed by atoms with Gasteiger partial charge in [0.2, 0.25) is 11.0 Å². The maximum absolute atomic E-state index is 13.0. The highest BCUT2D eigenvalue weighted by atomic mass is 35.5. The van der Waals surface area contributed by atoms with Gasteiger partial charge in [-0.05, 0) is 36.9 Å². The summed E-state index contributed by atoms with van der Waals surface area (Å²) in [5, 5.41) is 11.9. The number of hydrogen-bond acceptors (Lipinski definition) is 6. The smallest absolute Gasteiger partial charge is 0.299 e. The Bertz CT molecular complexity index is 938. The van der Waals surface area contributed by atoms with E-state index in [2.05, 4.69) is 15.3 Å². The van der Waals surface area contributed by atoms with Gasteiger partial charge < -0.3 is 9.15 Å². The van der Waals surface area contributed by atoms with Crippen molar-refractivity contribution in [1.82, 2.24) is 14.9 Å². The van der Waals surface area contributed by atoms with Crippen LogP contribution in [0.4, 0.5) is 8.78 Å². The Balaban J connectivity index is 1.72. The van der Waals surface area contributed by atoms with Gasteiger partial charge in [0.05, 0.1) is 11.2 Å². The van der Waals surface area contributed by atoms with Gasteiger partial charge in [-0.25, -0.2) is 8.78 Å². The van der Waals surface area contributed by atoms with Gasteiger partial charge in [0.25, 0.3) is 6.43 Å². The Kier molecular flexibility index (Phi) is 6.12. The van der Waals surface area contributed by atoms with Crippen molar-refractivity contribution in [2.75, 3.05) is 6.26 Å². The van der Waals surface area contributed by atoms with Gasteiger partial charge in [0.15, 0.2) is 0 Å². The lowest BCUT2D eigenvalue weighted by molar-refractivity contribution is 0.135. The van der Waals surface area contributed by atoms with Gasteiger partial charge in [0.1, 0.15) is 23.9 Å². The summed E-state index contributed by atoms with van der Waals surface area (Å²) < 4.78 is 38.2. The fourth-order valence-electron chi connectivity index (χ4n) is 2.25. The zero-order chi connectivity index (χ0) is 19.4. The molecule has 10 heteroatoms. The zero-order valence-electron chi connectivity index (χ0n) is 14.4. The van der Waals surface area contributed by atoms with E-state index in [1.165, 1.54) is 6.21 Å². The van der Waals surface area contributed by atoms with Gasteiger partial charge in [-0.2, -0.15) is 9.78 Å². The van der Waals surface area contributed by atoms with E-state index in [9.17, 15) is 8.78 Å². The van der Waals surface area contributed by atoms with Crippen LogP contribution < -0.4 is 4.74 Å². The number of benzene rings is 1. The first-order valence-electron chi connectivity index (χ1n) is 7.78. The lowest BCUT2D eigenvalue weighted by Crippen LogP contribution is -2.00. The lowest BCUT2D eigenvalue weighted by Gasteiger charge is -2.09. The van der Waals surface area contributed by atoms with Gasteiger partial charge in [-0.15, -0.1) is 10.2 Å². The molecule has 2 heterocycles. The van der Waals surface area contributed by atoms with Crippen molar-refractivity contribution in [3.8, 4) is 5.75 Å². The normalized spacial score (nSPS) is 11.6. The van der Waals surface area contributed by atoms with Gasteiger partial charge >= 0.3 is 0 Å². The van der Waals surface area contributed by atoms with Crippen molar-refractivity contribution in [3.05, 3.63) is 58.3 Å². The molecule has 27 heavy (non-hydrogen) atoms. The number of para-hydroxylation sites is 1. The van der Waals surface area contributed by atoms with E-state index in [4.69, 9.17) is 20.8 Å². The molecule has 1 aromatic carbocycles. The number of hydrogen-bond donors (Lipinski definition) is 0. The van der Waals surface area contributed by atoms with Crippen LogP contribution >= 0.6 is 23.4 Å². The predicted molar refractivity (Wildman–Crippen MR) is 99.0 cm³/mol. The first-order valence-corrected chi connectivity index (χ1v) is 9.38. The number of aryl methyl sites for hydroxylation is 1. The van der Waals surface area contributed by atoms with Crippen molar-refractivity contribution in [3.63, 3.8) is 0 Å². The van der Waals surface area contributed by atoms with Crippen LogP contribution in [0, 0.1) is 6.92 Å². The average Bonchev–Trinajstić information content (AvgIpc) is 3.25. The molecule has 0 aliphatic carbocycles. The topological polar surface area (TPSA) is 65.4 Å². The third kappa shape index (κ3) is 4.48. The maximum atomic E-state index is 13.0. The zero-order valence-corrected chi connectivity index (χ0v) is 16.0. The van der Waals surface area contributed by atoms with Gasteiger partial charge in [-0.3, -0.25) is 0 Å². The van der Waals surface area contributed by atoms with Gasteiger partial charge in [-0.1, -0.05) is 35.5 Å². The largest absolute Gasteiger partial charge is 0.484 e. The number of alkyl halides is 2. The van der Waals surface area contributed by atoms with Crippen LogP contribution in [-0.4, -0.2) is 27.3 Å². The molecule has 2 aromatic heterocycles. The highest BCUT2D eigenvalue weighted by Crippen LogP contribution is 2.28. The van der Waals surface area contributed by atoms with E-state index in [0.29, 0.717) is 22.3 Å². The third-order valence-corrected chi connectivity index (χ3v) is 4.44. The van der Waals surface area contributed by atoms with Crippen LogP contribution in [0.1, 0.15) is 29.3 Å². The molecule has 0 aliphatic rings. The minimum atomic E-state index is -2.78. The fraction of sp³-hybridized carbons (Fsp3) is 0.235. The maximum Gasteiger partial charge on any atom is 0.299 e. The van der Waals surface area contributed by atoms with E-state index in [1.807, 2.05) is 19.1 Å². The summed E-state index contributed by atoms with van der Waals surface area (Å²) in [5.41, 5.74) is 0.910. The van der Waals surface area contributed by atoms with E-state index in [1.54, 1.807) is 24.5 Å². The SMILES string of the molecule is CSc1nnc(C(F)F)n1N=Cc1ccc(COc2c(C)cccc2Cl)o1. The molecule has 0 bridgehead atoms. The summed E-state index contributed by atoms with van der Waals surface area (Å²) in [6.07, 6.45) is 0.235. The van der Waals surface area contributed by atoms with Crippen LogP contribution in [0.3, 0.4) is 0 Å². The van der Waals surface area contributed by atoms with Crippen molar-refractivity contribution in [2.45, 2.75) is 25.1 Å². The molecule has 0 unspecified atom stereocenters. The van der Waals surface area contributed by atoms with E-state index in [-0.39, 0.29) is 11.8 Å². The van der Waals surface area contributed by atoms with Crippen LogP contribution in [-0.2, 0) is 6.61 Å². The molecule has 0 fully saturated rings. The number of thioether (sulfide) groups is 1. The highest BCUT2D eigenvalue weighted by molar-refractivity contribution is 7.98. The summed E-state index contributed by atoms with van der Waals surface area (Å²) in [4.78, 5) is 0. The molecule has 0 N–H and O–H groups in total. The second-order valence-electron chi connectivity index (χ2n) is 5.38. The van der Waals surface area contributed by atoms with E-state index >= 15 is 0 Å². The standard InChI is InChI=1S/C17H15ClF2N4O2S/c1-10-4-3-5-13(18)14(10)25-9-12-7-6-11(26-12)8-21-24-16(15(19)20)22-23-17(24)27-2/h3-8,15H,9H2,1-2H3. The summed E-state index contributed by atoms with van der Waals surface area (Å²) in [7, 11) is 0. The molecular formula is C17H15ClF2N4O2S. The molecule has 3 aromatic rings. The average molecular weight is 413 g/mol. The minimum absolute atomic E-state index is 0.170. The molecule has 142 valence electrons. The molecule has 6 nitrogen and oxygen atoms in total. The number of aromatic nitrogens is 3. The fourth-order valence-corrected chi connectivity index (χ4v) is 2.96. The monoisotopic (exact) mass is 412 g/mol. The number of ether oxygens (including phenoxy) is 1. The first kappa shape index (κ1) is 19.4. The number of rotatable bonds is 7. The third-order valence-electron chi connectivity index (χ3n) is 3.52. The lowest BCUT2D eigenvalue weighted by atomic mass is 10.2. The molecular weight excluding hydrogens is 398 g/mol. The van der Waals surface area contributed by atoms with Crippen molar-refractivity contribution >= 4 is 29.6 Å². The molecule has 0 saturated heterocycles. The molecule has 0 atom stereocenters. The molecule has 0 amide bonds. The second kappa shape index (κ2) is 8.53. The molecule has 0 aliphatic heterocycles. The highest BCUT2D eigenvalue weighted by Gasteiger charge is 2.19. The number of nitrogens with zero attached hydrogens (tertiary/aromatic N) is 4. The minimum Gasteiger partial charge on any atom is -0.484 e. The molecule has 0 saturated carbocycles. The summed E-state index contributed by atoms with van der Waals surface area (Å²) >= 11 is 7.28. The van der Waals surface area contributed by atoms with Crippen LogP contribution in [0.5, 0.6) is 5.75 Å². The molecule has 3 rings (SSSR count). The molecule has 0 radical (unpaired) electrons. The Hall–Kier alpha value is -2.39. The molecule has 0 spiro atoms. The summed E-state index contributed by atoms with van der Waals surface area (Å²) in [5.74, 6) is 0.977. The van der Waals surface area contributed by atoms with E-state index < -0.39 is 12.2 Å². The summed E-state index contributed by atoms with van der Waals surface area (Å²) in [6, 6.07) is 8.85. The van der Waals surface area contributed by atoms with E-state index in [0.717, 1.165) is 22.0 Å². The van der Waals surface area contributed by atoms with Crippen LogP contribution in [0.2, 0.25) is 5.02 Å². The number of furan rings is 1. The van der Waals surface area contributed by atoms with Gasteiger partial charge in [0, 0.05) is 0 Å². The van der Waals surface area contributed by atoms with Crippen molar-refractivity contribution < 1.29 is 17.9 Å². The Morgan fingerprint density at radius 3 is 2.85 bits per heavy atom. The quantitative estimate of drug-likeness (QED) is 0.405. The Morgan fingerprint density at radius 1 is 1.33 bits per heavy atom. The van der Waals surface area contributed by atoms with Crippen LogP contribution in [0.25, 0.3) is 0 Å². The summed E-state index contributed by atoms with van der Waals surface area (Å²) in [6.45, 7) is 2.06. The number of halogens is 3. The van der Waals surface area contributed by atoms with Crippen molar-refractivity contribution in [1.29, 1.82) is 0 Å². The Morgan fingerprint density at radius 2 is 2.15 bits per heavy atom. The van der Waals surface area contributed by atoms with Crippen LogP contribution in [0.15, 0.2) is 45.0 Å². The first-order chi connectivity index (χ1) is 13.0.